The van der Waals surface area contributed by atoms with Crippen molar-refractivity contribution in [2.24, 2.45) is 0 Å². The largest absolute Gasteiger partial charge is 0.342 e. The Morgan fingerprint density at radius 1 is 1.06 bits per heavy atom. The molecule has 0 radical (unpaired) electrons. The van der Waals surface area contributed by atoms with Crippen molar-refractivity contribution in [1.82, 2.24) is 9.88 Å². The molecule has 1 fully saturated rings. The van der Waals surface area contributed by atoms with E-state index in [4.69, 9.17) is 12.2 Å². The number of pyridine rings is 1. The Morgan fingerprint density at radius 3 is 2.52 bits per heavy atom. The normalized spacial score (nSPS) is 14.2. The van der Waals surface area contributed by atoms with Crippen LogP contribution in [0.3, 0.4) is 0 Å². The summed E-state index contributed by atoms with van der Waals surface area (Å²) in [6.07, 6.45) is 4.64. The van der Waals surface area contributed by atoms with Gasteiger partial charge in [-0.05, 0) is 87.0 Å². The van der Waals surface area contributed by atoms with Gasteiger partial charge in [0.15, 0.2) is 5.11 Å². The number of nitrogens with one attached hydrogen (secondary N) is 2. The van der Waals surface area contributed by atoms with Crippen molar-refractivity contribution >= 4 is 33.9 Å². The first kappa shape index (κ1) is 21.6. The minimum absolute atomic E-state index is 0.0292. The zero-order valence-corrected chi connectivity index (χ0v) is 19.7. The number of rotatable bonds is 4. The monoisotopic (exact) mass is 433 g/mol. The van der Waals surface area contributed by atoms with Crippen molar-refractivity contribution in [3.05, 3.63) is 74.6 Å². The summed E-state index contributed by atoms with van der Waals surface area (Å²) >= 11 is 5.87. The summed E-state index contributed by atoms with van der Waals surface area (Å²) in [7, 11) is 0. The van der Waals surface area contributed by atoms with Crippen molar-refractivity contribution in [2.45, 2.75) is 66.0 Å². The maximum Gasteiger partial charge on any atom is 0.253 e. The average Bonchev–Trinajstić information content (AvgIpc) is 3.26. The van der Waals surface area contributed by atoms with Crippen LogP contribution in [0.15, 0.2) is 41.2 Å². The number of aromatic nitrogens is 1. The fourth-order valence-electron chi connectivity index (χ4n) is 4.59. The summed E-state index contributed by atoms with van der Waals surface area (Å²) < 4.78 is 0. The molecule has 2 N–H and O–H groups in total. The zero-order valence-electron chi connectivity index (χ0n) is 18.8. The highest BCUT2D eigenvalue weighted by Gasteiger charge is 2.26. The predicted molar refractivity (Wildman–Crippen MR) is 134 cm³/mol. The van der Waals surface area contributed by atoms with Crippen LogP contribution >= 0.6 is 12.2 Å². The smallest absolute Gasteiger partial charge is 0.253 e. The molecule has 1 saturated carbocycles. The lowest BCUT2D eigenvalue weighted by atomic mass is 10.0. The first-order chi connectivity index (χ1) is 14.8. The van der Waals surface area contributed by atoms with E-state index in [2.05, 4.69) is 73.2 Å². The van der Waals surface area contributed by atoms with Gasteiger partial charge >= 0.3 is 0 Å². The Morgan fingerprint density at radius 2 is 1.81 bits per heavy atom. The van der Waals surface area contributed by atoms with E-state index in [0.29, 0.717) is 17.7 Å². The first-order valence-corrected chi connectivity index (χ1v) is 11.5. The van der Waals surface area contributed by atoms with E-state index in [1.165, 1.54) is 29.5 Å². The summed E-state index contributed by atoms with van der Waals surface area (Å²) in [5, 5.41) is 5.21. The van der Waals surface area contributed by atoms with Gasteiger partial charge < -0.3 is 15.2 Å². The number of nitrogens with zero attached hydrogens (tertiary/aromatic N) is 1. The van der Waals surface area contributed by atoms with Crippen LogP contribution < -0.4 is 10.9 Å². The number of anilines is 1. The lowest BCUT2D eigenvalue weighted by molar-refractivity contribution is 0.311. The van der Waals surface area contributed by atoms with Crippen LogP contribution in [-0.4, -0.2) is 21.0 Å². The lowest BCUT2D eigenvalue weighted by Gasteiger charge is -2.32. The van der Waals surface area contributed by atoms with Crippen molar-refractivity contribution < 1.29 is 0 Å². The van der Waals surface area contributed by atoms with Gasteiger partial charge in [0.25, 0.3) is 5.56 Å². The highest BCUT2D eigenvalue weighted by atomic mass is 32.1. The van der Waals surface area contributed by atoms with Crippen LogP contribution in [0, 0.1) is 27.7 Å². The van der Waals surface area contributed by atoms with E-state index >= 15 is 0 Å². The fourth-order valence-corrected chi connectivity index (χ4v) is 4.92. The molecule has 4 rings (SSSR count). The standard InChI is InChI=1S/C26H31N3OS/c1-16-9-12-23(18(3)13-16)27-26(31)29(22-7-5-6-8-22)15-21-14-20-11-10-17(2)19(4)24(20)28-25(21)30/h9-14,22H,5-8,15H2,1-4H3,(H,27,31)(H,28,30). The molecule has 1 aromatic heterocycles. The minimum Gasteiger partial charge on any atom is -0.342 e. The van der Waals surface area contributed by atoms with E-state index in [0.717, 1.165) is 40.6 Å². The zero-order chi connectivity index (χ0) is 22.1. The van der Waals surface area contributed by atoms with Crippen LogP contribution in [-0.2, 0) is 6.54 Å². The molecule has 1 aliphatic carbocycles. The minimum atomic E-state index is -0.0292. The maximum absolute atomic E-state index is 13.0. The molecule has 0 atom stereocenters. The Hall–Kier alpha value is -2.66. The number of H-pyrrole nitrogens is 1. The second-order valence-corrected chi connectivity index (χ2v) is 9.30. The first-order valence-electron chi connectivity index (χ1n) is 11.1. The number of fused-ring (bicyclic) bond motifs is 1. The molecule has 0 spiro atoms. The van der Waals surface area contributed by atoms with Crippen LogP contribution in [0.4, 0.5) is 5.69 Å². The Labute approximate surface area is 189 Å². The van der Waals surface area contributed by atoms with Gasteiger partial charge in [0.2, 0.25) is 0 Å². The van der Waals surface area contributed by atoms with Crippen molar-refractivity contribution in [3.8, 4) is 0 Å². The molecule has 2 aromatic carbocycles. The van der Waals surface area contributed by atoms with Crippen LogP contribution in [0.1, 0.15) is 53.5 Å². The summed E-state index contributed by atoms with van der Waals surface area (Å²) in [6, 6.07) is 12.9. The average molecular weight is 434 g/mol. The van der Waals surface area contributed by atoms with Crippen LogP contribution in [0.25, 0.3) is 10.9 Å². The lowest BCUT2D eigenvalue weighted by Crippen LogP contribution is -2.42. The molecule has 0 unspecified atom stereocenters. The highest BCUT2D eigenvalue weighted by molar-refractivity contribution is 7.80. The fraction of sp³-hybridized carbons (Fsp3) is 0.385. The second kappa shape index (κ2) is 8.83. The molecular formula is C26H31N3OS. The number of aromatic amines is 1. The number of aryl methyl sites for hydroxylation is 4. The van der Waals surface area contributed by atoms with Crippen molar-refractivity contribution in [3.63, 3.8) is 0 Å². The third-order valence-corrected chi connectivity index (χ3v) is 6.96. The van der Waals surface area contributed by atoms with E-state index in [-0.39, 0.29) is 5.56 Å². The molecule has 4 nitrogen and oxygen atoms in total. The molecular weight excluding hydrogens is 402 g/mol. The van der Waals surface area contributed by atoms with E-state index < -0.39 is 0 Å². The Balaban J connectivity index is 1.65. The quantitative estimate of drug-likeness (QED) is 0.503. The molecule has 31 heavy (non-hydrogen) atoms. The number of hydrogen-bond acceptors (Lipinski definition) is 2. The predicted octanol–water partition coefficient (Wildman–Crippen LogP) is 5.90. The molecule has 0 amide bonds. The summed E-state index contributed by atoms with van der Waals surface area (Å²) in [5.41, 5.74) is 7.39. The Kier molecular flexibility index (Phi) is 6.15. The van der Waals surface area contributed by atoms with E-state index in [1.54, 1.807) is 0 Å². The molecule has 5 heteroatoms. The summed E-state index contributed by atoms with van der Waals surface area (Å²) in [6.45, 7) is 8.83. The summed E-state index contributed by atoms with van der Waals surface area (Å²) in [4.78, 5) is 18.3. The van der Waals surface area contributed by atoms with Gasteiger partial charge in [0, 0.05) is 17.3 Å². The van der Waals surface area contributed by atoms with Gasteiger partial charge in [-0.15, -0.1) is 0 Å². The van der Waals surface area contributed by atoms with Crippen molar-refractivity contribution in [1.29, 1.82) is 0 Å². The third-order valence-electron chi connectivity index (χ3n) is 6.62. The molecule has 0 bridgehead atoms. The molecule has 3 aromatic rings. The molecule has 162 valence electrons. The summed E-state index contributed by atoms with van der Waals surface area (Å²) in [5.74, 6) is 0. The second-order valence-electron chi connectivity index (χ2n) is 8.91. The van der Waals surface area contributed by atoms with Crippen LogP contribution in [0.2, 0.25) is 0 Å². The number of thiocarbonyl (C=S) groups is 1. The van der Waals surface area contributed by atoms with E-state index in [1.807, 2.05) is 6.07 Å². The number of benzene rings is 2. The molecule has 0 saturated heterocycles. The topological polar surface area (TPSA) is 48.1 Å². The van der Waals surface area contributed by atoms with Crippen LogP contribution in [0.5, 0.6) is 0 Å². The maximum atomic E-state index is 13.0. The Bertz CT molecular complexity index is 1190. The molecule has 0 aliphatic heterocycles. The highest BCUT2D eigenvalue weighted by Crippen LogP contribution is 2.27. The number of hydrogen-bond donors (Lipinski definition) is 2. The van der Waals surface area contributed by atoms with Gasteiger partial charge in [-0.3, -0.25) is 4.79 Å². The van der Waals surface area contributed by atoms with Gasteiger partial charge in [0.05, 0.1) is 12.1 Å². The SMILES string of the molecule is Cc1ccc(NC(=S)N(Cc2cc3ccc(C)c(C)c3[nH]c2=O)C2CCCC2)c(C)c1. The van der Waals surface area contributed by atoms with Gasteiger partial charge in [-0.2, -0.15) is 0 Å². The van der Waals surface area contributed by atoms with E-state index in [9.17, 15) is 4.79 Å². The van der Waals surface area contributed by atoms with Gasteiger partial charge in [-0.1, -0.05) is 42.7 Å². The molecule has 1 aliphatic rings. The van der Waals surface area contributed by atoms with Gasteiger partial charge in [0.1, 0.15) is 0 Å². The van der Waals surface area contributed by atoms with Gasteiger partial charge in [-0.25, -0.2) is 0 Å². The molecule has 1 heterocycles. The third kappa shape index (κ3) is 4.52. The van der Waals surface area contributed by atoms with Crippen molar-refractivity contribution in [2.75, 3.05) is 5.32 Å².